The number of sulfonamides is 1. The molecule has 0 aliphatic rings. The molecule has 3 heterocycles. The molecule has 1 N–H and O–H groups in total. The van der Waals surface area contributed by atoms with Gasteiger partial charge in [-0.05, 0) is 69.3 Å². The molecule has 0 fully saturated rings. The van der Waals surface area contributed by atoms with Crippen LogP contribution in [0.3, 0.4) is 0 Å². The van der Waals surface area contributed by atoms with Crippen LogP contribution < -0.4 is 4.72 Å². The van der Waals surface area contributed by atoms with Gasteiger partial charge in [0.2, 0.25) is 10.0 Å². The van der Waals surface area contributed by atoms with Crippen LogP contribution in [-0.2, 0) is 16.6 Å². The number of rotatable bonds is 7. The van der Waals surface area contributed by atoms with Crippen molar-refractivity contribution in [3.05, 3.63) is 101 Å². The van der Waals surface area contributed by atoms with Crippen molar-refractivity contribution in [2.75, 3.05) is 0 Å². The van der Waals surface area contributed by atoms with Gasteiger partial charge in [0.25, 0.3) is 0 Å². The van der Waals surface area contributed by atoms with Gasteiger partial charge in [-0.15, -0.1) is 0 Å². The van der Waals surface area contributed by atoms with Gasteiger partial charge >= 0.3 is 0 Å². The van der Waals surface area contributed by atoms with Crippen LogP contribution in [0.15, 0.2) is 78.8 Å². The monoisotopic (exact) mass is 425 g/mol. The second-order valence-corrected chi connectivity index (χ2v) is 9.04. The Morgan fingerprint density at radius 3 is 1.80 bits per heavy atom. The molecule has 0 unspecified atom stereocenters. The Morgan fingerprint density at radius 1 is 0.733 bits per heavy atom. The molecule has 30 heavy (non-hydrogen) atoms. The van der Waals surface area contributed by atoms with Gasteiger partial charge in [-0.1, -0.05) is 17.7 Å². The molecule has 0 radical (unpaired) electrons. The standard InChI is InChI=1S/C23H23NO5S/c1-15-4-9-19(10-5-15)30(25,26)24-14-18-8-13-22(29-18)23(20-11-6-16(2)27-20)21-12-7-17(3)28-21/h4-13,23-24H,14H2,1-3H3. The Balaban J connectivity index is 1.56. The SMILES string of the molecule is Cc1ccc(S(=O)(=O)NCc2ccc(C(c3ccc(C)o3)c3ccc(C)o3)o2)cc1. The van der Waals surface area contributed by atoms with E-state index in [9.17, 15) is 8.42 Å². The number of aryl methyl sites for hydroxylation is 3. The Morgan fingerprint density at radius 2 is 1.27 bits per heavy atom. The molecule has 0 atom stereocenters. The third-order valence-electron chi connectivity index (χ3n) is 4.83. The summed E-state index contributed by atoms with van der Waals surface area (Å²) in [6, 6.07) is 17.8. The highest BCUT2D eigenvalue weighted by atomic mass is 32.2. The van der Waals surface area contributed by atoms with Crippen LogP contribution in [0.25, 0.3) is 0 Å². The van der Waals surface area contributed by atoms with Gasteiger partial charge in [0, 0.05) is 0 Å². The summed E-state index contributed by atoms with van der Waals surface area (Å²) in [5, 5.41) is 0. The van der Waals surface area contributed by atoms with Crippen molar-refractivity contribution in [3.63, 3.8) is 0 Å². The van der Waals surface area contributed by atoms with Crippen LogP contribution >= 0.6 is 0 Å². The van der Waals surface area contributed by atoms with Crippen LogP contribution in [0.2, 0.25) is 0 Å². The van der Waals surface area contributed by atoms with Crippen LogP contribution in [0.1, 0.15) is 46.0 Å². The highest BCUT2D eigenvalue weighted by Crippen LogP contribution is 2.35. The van der Waals surface area contributed by atoms with Crippen molar-refractivity contribution in [3.8, 4) is 0 Å². The van der Waals surface area contributed by atoms with E-state index < -0.39 is 10.0 Å². The molecule has 0 aliphatic carbocycles. The summed E-state index contributed by atoms with van der Waals surface area (Å²) < 4.78 is 45.3. The minimum absolute atomic E-state index is 0.0390. The zero-order valence-electron chi connectivity index (χ0n) is 17.0. The van der Waals surface area contributed by atoms with Gasteiger partial charge in [-0.2, -0.15) is 0 Å². The van der Waals surface area contributed by atoms with E-state index in [1.54, 1.807) is 30.3 Å². The molecule has 0 bridgehead atoms. The van der Waals surface area contributed by atoms with Crippen molar-refractivity contribution in [2.24, 2.45) is 0 Å². The zero-order chi connectivity index (χ0) is 21.3. The van der Waals surface area contributed by atoms with E-state index in [4.69, 9.17) is 13.3 Å². The van der Waals surface area contributed by atoms with Gasteiger partial charge in [-0.25, -0.2) is 13.1 Å². The Kier molecular flexibility index (Phi) is 5.40. The first-order valence-electron chi connectivity index (χ1n) is 9.59. The molecule has 4 rings (SSSR count). The normalized spacial score (nSPS) is 12.0. The van der Waals surface area contributed by atoms with E-state index in [-0.39, 0.29) is 17.4 Å². The van der Waals surface area contributed by atoms with Crippen molar-refractivity contribution in [1.82, 2.24) is 4.72 Å². The summed E-state index contributed by atoms with van der Waals surface area (Å²) >= 11 is 0. The molecule has 0 saturated carbocycles. The lowest BCUT2D eigenvalue weighted by molar-refractivity contribution is 0.382. The fourth-order valence-corrected chi connectivity index (χ4v) is 4.24. The first-order valence-corrected chi connectivity index (χ1v) is 11.1. The molecular formula is C23H23NO5S. The predicted molar refractivity (Wildman–Crippen MR) is 112 cm³/mol. The van der Waals surface area contributed by atoms with Crippen LogP contribution in [0.4, 0.5) is 0 Å². The van der Waals surface area contributed by atoms with E-state index in [1.165, 1.54) is 0 Å². The number of hydrogen-bond acceptors (Lipinski definition) is 5. The van der Waals surface area contributed by atoms with Gasteiger partial charge in [0.1, 0.15) is 40.5 Å². The highest BCUT2D eigenvalue weighted by Gasteiger charge is 2.27. The second-order valence-electron chi connectivity index (χ2n) is 7.27. The summed E-state index contributed by atoms with van der Waals surface area (Å²) in [6.45, 7) is 5.70. The Hall–Kier alpha value is -3.03. The lowest BCUT2D eigenvalue weighted by Crippen LogP contribution is -2.22. The fourth-order valence-electron chi connectivity index (χ4n) is 3.25. The molecule has 0 aliphatic heterocycles. The van der Waals surface area contributed by atoms with E-state index in [0.717, 1.165) is 17.1 Å². The zero-order valence-corrected chi connectivity index (χ0v) is 17.8. The van der Waals surface area contributed by atoms with Crippen LogP contribution in [-0.4, -0.2) is 8.42 Å². The molecule has 7 heteroatoms. The average Bonchev–Trinajstić information content (AvgIpc) is 3.44. The first-order chi connectivity index (χ1) is 14.3. The quantitative estimate of drug-likeness (QED) is 0.448. The van der Waals surface area contributed by atoms with Gasteiger partial charge in [0.15, 0.2) is 0 Å². The summed E-state index contributed by atoms with van der Waals surface area (Å²) in [7, 11) is -3.63. The lowest BCUT2D eigenvalue weighted by atomic mass is 10.0. The first kappa shape index (κ1) is 20.3. The Bertz CT molecular complexity index is 1200. The van der Waals surface area contributed by atoms with Crippen LogP contribution in [0.5, 0.6) is 0 Å². The molecule has 156 valence electrons. The van der Waals surface area contributed by atoms with Gasteiger partial charge < -0.3 is 13.3 Å². The van der Waals surface area contributed by atoms with Crippen molar-refractivity contribution < 1.29 is 21.7 Å². The maximum Gasteiger partial charge on any atom is 0.240 e. The van der Waals surface area contributed by atoms with Crippen LogP contribution in [0, 0.1) is 20.8 Å². The molecule has 4 aromatic rings. The topological polar surface area (TPSA) is 85.6 Å². The predicted octanol–water partition coefficient (Wildman–Crippen LogP) is 5.05. The fraction of sp³-hybridized carbons (Fsp3) is 0.217. The van der Waals surface area contributed by atoms with Crippen molar-refractivity contribution in [2.45, 2.75) is 38.1 Å². The van der Waals surface area contributed by atoms with E-state index in [2.05, 4.69) is 4.72 Å². The maximum atomic E-state index is 12.5. The average molecular weight is 426 g/mol. The summed E-state index contributed by atoms with van der Waals surface area (Å²) in [4.78, 5) is 0.217. The molecule has 0 amide bonds. The molecule has 0 saturated heterocycles. The largest absolute Gasteiger partial charge is 0.465 e. The smallest absolute Gasteiger partial charge is 0.240 e. The molecule has 1 aromatic carbocycles. The van der Waals surface area contributed by atoms with Gasteiger partial charge in [-0.3, -0.25) is 0 Å². The maximum absolute atomic E-state index is 12.5. The molecule has 3 aromatic heterocycles. The lowest BCUT2D eigenvalue weighted by Gasteiger charge is -2.10. The number of nitrogens with one attached hydrogen (secondary N) is 1. The summed E-state index contributed by atoms with van der Waals surface area (Å²) in [6.07, 6.45) is 0. The van der Waals surface area contributed by atoms with E-state index in [0.29, 0.717) is 23.0 Å². The molecular weight excluding hydrogens is 402 g/mol. The minimum Gasteiger partial charge on any atom is -0.465 e. The van der Waals surface area contributed by atoms with E-state index in [1.807, 2.05) is 51.1 Å². The number of furan rings is 3. The summed E-state index contributed by atoms with van der Waals surface area (Å²) in [5.41, 5.74) is 0.997. The second kappa shape index (κ2) is 8.01. The third-order valence-corrected chi connectivity index (χ3v) is 6.24. The van der Waals surface area contributed by atoms with Crippen molar-refractivity contribution in [1.29, 1.82) is 0 Å². The number of benzene rings is 1. The minimum atomic E-state index is -3.63. The third kappa shape index (κ3) is 4.27. The number of hydrogen-bond donors (Lipinski definition) is 1. The molecule has 6 nitrogen and oxygen atoms in total. The Labute approximate surface area is 175 Å². The highest BCUT2D eigenvalue weighted by molar-refractivity contribution is 7.89. The van der Waals surface area contributed by atoms with Crippen molar-refractivity contribution >= 4 is 10.0 Å². The summed E-state index contributed by atoms with van der Waals surface area (Å²) in [5.74, 6) is 3.73. The molecule has 0 spiro atoms. The van der Waals surface area contributed by atoms with E-state index >= 15 is 0 Å². The van der Waals surface area contributed by atoms with Gasteiger partial charge in [0.05, 0.1) is 11.4 Å².